The normalized spacial score (nSPS) is 13.4. The molecule has 7 nitrogen and oxygen atoms in total. The molecule has 0 radical (unpaired) electrons. The van der Waals surface area contributed by atoms with Gasteiger partial charge in [-0.15, -0.1) is 0 Å². The molecule has 7 heteroatoms. The molecule has 0 bridgehead atoms. The molecule has 0 unspecified atom stereocenters. The van der Waals surface area contributed by atoms with Crippen molar-refractivity contribution in [3.05, 3.63) is 66.1 Å². The number of nitrogens with one attached hydrogen (secondary N) is 2. The van der Waals surface area contributed by atoms with Crippen LogP contribution < -0.4 is 10.6 Å². The summed E-state index contributed by atoms with van der Waals surface area (Å²) < 4.78 is 3.49. The van der Waals surface area contributed by atoms with Crippen molar-refractivity contribution in [2.24, 2.45) is 7.05 Å². The first-order valence-corrected chi connectivity index (χ1v) is 8.49. The van der Waals surface area contributed by atoms with Gasteiger partial charge in [0.15, 0.2) is 0 Å². The van der Waals surface area contributed by atoms with Gasteiger partial charge in [-0.3, -0.25) is 14.3 Å². The zero-order valence-electron chi connectivity index (χ0n) is 14.3. The summed E-state index contributed by atoms with van der Waals surface area (Å²) in [5, 5.41) is 9.99. The molecule has 4 rings (SSSR count). The predicted molar refractivity (Wildman–Crippen MR) is 97.4 cm³/mol. The van der Waals surface area contributed by atoms with Gasteiger partial charge in [0.25, 0.3) is 11.8 Å². The molecule has 2 heterocycles. The zero-order valence-corrected chi connectivity index (χ0v) is 14.3. The van der Waals surface area contributed by atoms with E-state index in [1.54, 1.807) is 42.2 Å². The van der Waals surface area contributed by atoms with E-state index in [4.69, 9.17) is 0 Å². The van der Waals surface area contributed by atoms with Crippen molar-refractivity contribution in [3.63, 3.8) is 0 Å². The quantitative estimate of drug-likeness (QED) is 0.742. The van der Waals surface area contributed by atoms with Crippen LogP contribution in [0, 0.1) is 0 Å². The molecular weight excluding hydrogens is 330 g/mol. The van der Waals surface area contributed by atoms with Gasteiger partial charge in [0, 0.05) is 36.7 Å². The van der Waals surface area contributed by atoms with Gasteiger partial charge in [-0.05, 0) is 49.2 Å². The average molecular weight is 349 g/mol. The number of hydrogen-bond donors (Lipinski definition) is 2. The Morgan fingerprint density at radius 1 is 1.08 bits per heavy atom. The Labute approximate surface area is 150 Å². The van der Waals surface area contributed by atoms with Crippen LogP contribution in [0.4, 0.5) is 5.69 Å². The van der Waals surface area contributed by atoms with Gasteiger partial charge in [0.2, 0.25) is 0 Å². The Hall–Kier alpha value is -3.35. The average Bonchev–Trinajstić information content (AvgIpc) is 3.13. The molecule has 2 aromatic heterocycles. The minimum Gasteiger partial charge on any atom is -0.349 e. The second-order valence-electron chi connectivity index (χ2n) is 6.37. The number of carbonyl (C=O) groups is 2. The lowest BCUT2D eigenvalue weighted by Crippen LogP contribution is -2.25. The molecule has 3 aromatic rings. The third kappa shape index (κ3) is 3.23. The van der Waals surface area contributed by atoms with Crippen molar-refractivity contribution in [1.29, 1.82) is 0 Å². The van der Waals surface area contributed by atoms with E-state index in [1.807, 2.05) is 29.1 Å². The van der Waals surface area contributed by atoms with Crippen LogP contribution in [-0.2, 0) is 7.05 Å². The molecule has 1 aromatic carbocycles. The van der Waals surface area contributed by atoms with Gasteiger partial charge >= 0.3 is 0 Å². The molecule has 2 amide bonds. The Kier molecular flexibility index (Phi) is 4.04. The highest BCUT2D eigenvalue weighted by Gasteiger charge is 2.23. The number of aromatic nitrogens is 3. The molecule has 0 spiro atoms. The molecule has 0 atom stereocenters. The molecular formula is C19H19N5O2. The van der Waals surface area contributed by atoms with E-state index >= 15 is 0 Å². The van der Waals surface area contributed by atoms with E-state index in [-0.39, 0.29) is 11.8 Å². The minimum absolute atomic E-state index is 0.0764. The number of hydrogen-bond acceptors (Lipinski definition) is 3. The maximum Gasteiger partial charge on any atom is 0.261 e. The standard InChI is InChI=1S/C19H19N5O2/c1-23-19(24-10-2-3-11-24)16(12-20-23)18(26)22-14-6-4-13(5-7-14)17(25)21-15-8-9-15/h2-7,10-12,15H,8-9H2,1H3,(H,21,25)(H,22,26). The number of nitrogens with zero attached hydrogens (tertiary/aromatic N) is 3. The first-order valence-electron chi connectivity index (χ1n) is 8.49. The summed E-state index contributed by atoms with van der Waals surface area (Å²) in [6, 6.07) is 11.0. The van der Waals surface area contributed by atoms with Crippen molar-refractivity contribution in [1.82, 2.24) is 19.7 Å². The Morgan fingerprint density at radius 2 is 1.77 bits per heavy atom. The summed E-state index contributed by atoms with van der Waals surface area (Å²) in [5.74, 6) is 0.359. The highest BCUT2D eigenvalue weighted by atomic mass is 16.2. The maximum atomic E-state index is 12.7. The number of rotatable bonds is 5. The largest absolute Gasteiger partial charge is 0.349 e. The van der Waals surface area contributed by atoms with Gasteiger partial charge < -0.3 is 15.2 Å². The van der Waals surface area contributed by atoms with Crippen LogP contribution in [-0.4, -0.2) is 32.2 Å². The topological polar surface area (TPSA) is 80.9 Å². The molecule has 132 valence electrons. The van der Waals surface area contributed by atoms with Crippen LogP contribution in [0.3, 0.4) is 0 Å². The third-order valence-corrected chi connectivity index (χ3v) is 4.32. The van der Waals surface area contributed by atoms with Crippen LogP contribution in [0.5, 0.6) is 0 Å². The number of amides is 2. The molecule has 1 saturated carbocycles. The Balaban J connectivity index is 1.49. The highest BCUT2D eigenvalue weighted by Crippen LogP contribution is 2.20. The smallest absolute Gasteiger partial charge is 0.261 e. The summed E-state index contributed by atoms with van der Waals surface area (Å²) in [7, 11) is 1.79. The van der Waals surface area contributed by atoms with E-state index in [9.17, 15) is 9.59 Å². The van der Waals surface area contributed by atoms with E-state index in [0.29, 0.717) is 28.7 Å². The summed E-state index contributed by atoms with van der Waals surface area (Å²) in [6.45, 7) is 0. The van der Waals surface area contributed by atoms with Crippen molar-refractivity contribution in [2.45, 2.75) is 18.9 Å². The van der Waals surface area contributed by atoms with Crippen LogP contribution in [0.15, 0.2) is 55.0 Å². The maximum absolute atomic E-state index is 12.7. The van der Waals surface area contributed by atoms with Gasteiger partial charge in [-0.25, -0.2) is 0 Å². The first-order chi connectivity index (χ1) is 12.6. The lowest BCUT2D eigenvalue weighted by molar-refractivity contribution is 0.0950. The fourth-order valence-corrected chi connectivity index (χ4v) is 2.77. The van der Waals surface area contributed by atoms with Crippen molar-refractivity contribution in [3.8, 4) is 5.82 Å². The van der Waals surface area contributed by atoms with E-state index in [2.05, 4.69) is 15.7 Å². The SMILES string of the molecule is Cn1ncc(C(=O)Nc2ccc(C(=O)NC3CC3)cc2)c1-n1cccc1. The van der Waals surface area contributed by atoms with Crippen LogP contribution in [0.25, 0.3) is 5.82 Å². The molecule has 26 heavy (non-hydrogen) atoms. The van der Waals surface area contributed by atoms with E-state index in [1.165, 1.54) is 0 Å². The summed E-state index contributed by atoms with van der Waals surface area (Å²) in [6.07, 6.45) is 7.37. The summed E-state index contributed by atoms with van der Waals surface area (Å²) in [4.78, 5) is 24.7. The minimum atomic E-state index is -0.253. The van der Waals surface area contributed by atoms with E-state index < -0.39 is 0 Å². The second-order valence-corrected chi connectivity index (χ2v) is 6.37. The lowest BCUT2D eigenvalue weighted by atomic mass is 10.2. The van der Waals surface area contributed by atoms with Crippen LogP contribution in [0.2, 0.25) is 0 Å². The van der Waals surface area contributed by atoms with Crippen molar-refractivity contribution < 1.29 is 9.59 Å². The Bertz CT molecular complexity index is 937. The van der Waals surface area contributed by atoms with Crippen LogP contribution in [0.1, 0.15) is 33.6 Å². The summed E-state index contributed by atoms with van der Waals surface area (Å²) >= 11 is 0. The molecule has 1 aliphatic carbocycles. The lowest BCUT2D eigenvalue weighted by Gasteiger charge is -2.09. The van der Waals surface area contributed by atoms with Crippen molar-refractivity contribution in [2.75, 3.05) is 5.32 Å². The molecule has 0 saturated heterocycles. The number of aryl methyl sites for hydroxylation is 1. The molecule has 1 fully saturated rings. The predicted octanol–water partition coefficient (Wildman–Crippen LogP) is 2.36. The number of carbonyl (C=O) groups excluding carboxylic acids is 2. The van der Waals surface area contributed by atoms with Crippen molar-refractivity contribution >= 4 is 17.5 Å². The van der Waals surface area contributed by atoms with Crippen LogP contribution >= 0.6 is 0 Å². The third-order valence-electron chi connectivity index (χ3n) is 4.32. The fraction of sp³-hybridized carbons (Fsp3) is 0.211. The Morgan fingerprint density at radius 3 is 2.42 bits per heavy atom. The van der Waals surface area contributed by atoms with Gasteiger partial charge in [-0.2, -0.15) is 5.10 Å². The number of anilines is 1. The highest BCUT2D eigenvalue weighted by molar-refractivity contribution is 6.06. The first kappa shape index (κ1) is 16.1. The zero-order chi connectivity index (χ0) is 18.1. The van der Waals surface area contributed by atoms with Gasteiger partial charge in [0.1, 0.15) is 11.4 Å². The fourth-order valence-electron chi connectivity index (χ4n) is 2.77. The molecule has 0 aliphatic heterocycles. The summed E-state index contributed by atoms with van der Waals surface area (Å²) in [5.41, 5.74) is 1.68. The number of benzene rings is 1. The second kappa shape index (κ2) is 6.51. The van der Waals surface area contributed by atoms with E-state index in [0.717, 1.165) is 12.8 Å². The molecule has 1 aliphatic rings. The van der Waals surface area contributed by atoms with Gasteiger partial charge in [0.05, 0.1) is 6.20 Å². The monoisotopic (exact) mass is 349 g/mol. The van der Waals surface area contributed by atoms with Gasteiger partial charge in [-0.1, -0.05) is 0 Å². The molecule has 2 N–H and O–H groups in total.